The number of rotatable bonds is 7. The Morgan fingerprint density at radius 1 is 1.11 bits per heavy atom. The van der Waals surface area contributed by atoms with Gasteiger partial charge in [-0.05, 0) is 31.4 Å². The fraction of sp³-hybridized carbons (Fsp3) is 0.542. The van der Waals surface area contributed by atoms with Crippen molar-refractivity contribution in [1.29, 1.82) is 0 Å². The SMILES string of the molecule is COc1cc(N2CC3CC2CN3S(C)(=O)=O)ccc1Nc1nc(NC2CCCCC2)c2nc[nH]c2n1. The summed E-state index contributed by atoms with van der Waals surface area (Å²) >= 11 is 0. The normalized spacial score (nSPS) is 22.9. The van der Waals surface area contributed by atoms with E-state index in [-0.39, 0.29) is 12.1 Å². The average Bonchev–Trinajstić information content (AvgIpc) is 3.61. The summed E-state index contributed by atoms with van der Waals surface area (Å²) in [7, 11) is -1.53. The Morgan fingerprint density at radius 3 is 2.67 bits per heavy atom. The van der Waals surface area contributed by atoms with Gasteiger partial charge in [0, 0.05) is 43.0 Å². The summed E-state index contributed by atoms with van der Waals surface area (Å²) in [4.78, 5) is 19.2. The highest BCUT2D eigenvalue weighted by Crippen LogP contribution is 2.39. The fourth-order valence-corrected chi connectivity index (χ4v) is 7.00. The lowest BCUT2D eigenvalue weighted by molar-refractivity contribution is 0.371. The molecular formula is C24H32N8O3S. The van der Waals surface area contributed by atoms with Crippen molar-refractivity contribution in [3.63, 3.8) is 0 Å². The minimum Gasteiger partial charge on any atom is -0.494 e. The molecule has 0 amide bonds. The van der Waals surface area contributed by atoms with Crippen LogP contribution in [0.1, 0.15) is 38.5 Å². The maximum Gasteiger partial charge on any atom is 0.231 e. The summed E-state index contributed by atoms with van der Waals surface area (Å²) in [6, 6.07) is 6.58. The van der Waals surface area contributed by atoms with Gasteiger partial charge < -0.3 is 25.3 Å². The number of anilines is 4. The van der Waals surface area contributed by atoms with Gasteiger partial charge in [0.25, 0.3) is 0 Å². The molecule has 36 heavy (non-hydrogen) atoms. The number of sulfonamides is 1. The van der Waals surface area contributed by atoms with Gasteiger partial charge in [-0.25, -0.2) is 13.4 Å². The van der Waals surface area contributed by atoms with Crippen LogP contribution in [-0.2, 0) is 10.0 Å². The molecule has 1 aliphatic carbocycles. The van der Waals surface area contributed by atoms with Crippen LogP contribution in [0.3, 0.4) is 0 Å². The van der Waals surface area contributed by atoms with Gasteiger partial charge in [0.05, 0.1) is 25.4 Å². The number of aromatic amines is 1. The molecular weight excluding hydrogens is 480 g/mol. The van der Waals surface area contributed by atoms with Crippen LogP contribution in [0.15, 0.2) is 24.5 Å². The van der Waals surface area contributed by atoms with Gasteiger partial charge in [-0.1, -0.05) is 19.3 Å². The first-order valence-electron chi connectivity index (χ1n) is 12.6. The average molecular weight is 513 g/mol. The van der Waals surface area contributed by atoms with Gasteiger partial charge in [0.1, 0.15) is 11.3 Å². The first kappa shape index (κ1) is 23.3. The molecule has 6 rings (SSSR count). The van der Waals surface area contributed by atoms with Gasteiger partial charge in [-0.15, -0.1) is 0 Å². The predicted octanol–water partition coefficient (Wildman–Crippen LogP) is 3.07. The molecule has 11 nitrogen and oxygen atoms in total. The molecule has 0 radical (unpaired) electrons. The summed E-state index contributed by atoms with van der Waals surface area (Å²) in [5.74, 6) is 1.86. The number of imidazole rings is 1. The number of methoxy groups -OCH3 is 1. The summed E-state index contributed by atoms with van der Waals surface area (Å²) < 4.78 is 31.4. The van der Waals surface area contributed by atoms with E-state index in [2.05, 4.69) is 30.5 Å². The van der Waals surface area contributed by atoms with Crippen LogP contribution in [-0.4, -0.2) is 77.2 Å². The third kappa shape index (κ3) is 4.32. The maximum atomic E-state index is 12.0. The highest BCUT2D eigenvalue weighted by atomic mass is 32.2. The first-order chi connectivity index (χ1) is 17.4. The van der Waals surface area contributed by atoms with Gasteiger partial charge >= 0.3 is 0 Å². The summed E-state index contributed by atoms with van der Waals surface area (Å²) in [6.07, 6.45) is 9.79. The molecule has 192 valence electrons. The highest BCUT2D eigenvalue weighted by molar-refractivity contribution is 7.88. The standard InChI is InChI=1S/C24H32N8O3S/c1-35-20-11-16(31-12-18-10-17(31)13-32(18)36(2,33)34)8-9-19(20)28-24-29-22-21(25-14-26-22)23(30-24)27-15-6-4-3-5-7-15/h8-9,11,14-15,17-18H,3-7,10,12-13H2,1-2H3,(H3,25,26,27,28,29,30). The Balaban J connectivity index is 1.23. The Hall–Kier alpha value is -3.12. The first-order valence-corrected chi connectivity index (χ1v) is 14.4. The Morgan fingerprint density at radius 2 is 1.94 bits per heavy atom. The van der Waals surface area contributed by atoms with Crippen LogP contribution in [0.2, 0.25) is 0 Å². The number of fused-ring (bicyclic) bond motifs is 3. The molecule has 2 bridgehead atoms. The number of hydrogen-bond acceptors (Lipinski definition) is 9. The lowest BCUT2D eigenvalue weighted by Gasteiger charge is -2.34. The molecule has 3 aromatic rings. The second-order valence-electron chi connectivity index (χ2n) is 10.0. The summed E-state index contributed by atoms with van der Waals surface area (Å²) in [5, 5.41) is 6.90. The van der Waals surface area contributed by atoms with Crippen LogP contribution in [0.5, 0.6) is 5.75 Å². The van der Waals surface area contributed by atoms with Crippen LogP contribution < -0.4 is 20.3 Å². The van der Waals surface area contributed by atoms with E-state index < -0.39 is 10.0 Å². The highest BCUT2D eigenvalue weighted by Gasteiger charge is 2.47. The van der Waals surface area contributed by atoms with Crippen LogP contribution >= 0.6 is 0 Å². The largest absolute Gasteiger partial charge is 0.494 e. The number of ether oxygens (including phenoxy) is 1. The summed E-state index contributed by atoms with van der Waals surface area (Å²) in [5.41, 5.74) is 3.18. The van der Waals surface area contributed by atoms with Gasteiger partial charge in [-0.3, -0.25) is 0 Å². The molecule has 2 aromatic heterocycles. The predicted molar refractivity (Wildman–Crippen MR) is 140 cm³/mol. The van der Waals surface area contributed by atoms with Crippen LogP contribution in [0.4, 0.5) is 23.1 Å². The van der Waals surface area contributed by atoms with E-state index >= 15 is 0 Å². The number of nitrogens with one attached hydrogen (secondary N) is 3. The number of aromatic nitrogens is 4. The van der Waals surface area contributed by atoms with E-state index in [0.717, 1.165) is 42.0 Å². The van der Waals surface area contributed by atoms with E-state index in [1.54, 1.807) is 17.7 Å². The Kier molecular flexibility index (Phi) is 5.87. The molecule has 2 aliphatic heterocycles. The van der Waals surface area contributed by atoms with Gasteiger partial charge in [-0.2, -0.15) is 14.3 Å². The van der Waals surface area contributed by atoms with Crippen molar-refractivity contribution < 1.29 is 13.2 Å². The molecule has 1 aromatic carbocycles. The van der Waals surface area contributed by atoms with E-state index in [1.807, 2.05) is 18.2 Å². The topological polar surface area (TPSA) is 128 Å². The molecule has 3 aliphatic rings. The number of benzene rings is 1. The number of piperazine rings is 1. The van der Waals surface area contributed by atoms with Crippen molar-refractivity contribution in [2.75, 3.05) is 42.0 Å². The van der Waals surface area contributed by atoms with Gasteiger partial charge in [0.15, 0.2) is 11.5 Å². The Labute approximate surface area is 210 Å². The van der Waals surface area contributed by atoms with Crippen LogP contribution in [0, 0.1) is 0 Å². The van der Waals surface area contributed by atoms with E-state index in [4.69, 9.17) is 9.72 Å². The smallest absolute Gasteiger partial charge is 0.231 e. The molecule has 0 spiro atoms. The monoisotopic (exact) mass is 512 g/mol. The second-order valence-corrected chi connectivity index (χ2v) is 11.9. The number of nitrogens with zero attached hydrogens (tertiary/aromatic N) is 5. The van der Waals surface area contributed by atoms with E-state index in [1.165, 1.54) is 25.5 Å². The lowest BCUT2D eigenvalue weighted by atomic mass is 9.95. The quantitative estimate of drug-likeness (QED) is 0.437. The van der Waals surface area contributed by atoms with E-state index in [9.17, 15) is 8.42 Å². The lowest BCUT2D eigenvalue weighted by Crippen LogP contribution is -2.48. The molecule has 2 saturated heterocycles. The molecule has 2 atom stereocenters. The molecule has 4 heterocycles. The third-order valence-electron chi connectivity index (χ3n) is 7.60. The van der Waals surface area contributed by atoms with Crippen molar-refractivity contribution in [2.24, 2.45) is 0 Å². The van der Waals surface area contributed by atoms with Crippen molar-refractivity contribution in [3.8, 4) is 5.75 Å². The summed E-state index contributed by atoms with van der Waals surface area (Å²) in [6.45, 7) is 1.21. The van der Waals surface area contributed by atoms with Crippen molar-refractivity contribution in [3.05, 3.63) is 24.5 Å². The van der Waals surface area contributed by atoms with E-state index in [0.29, 0.717) is 36.5 Å². The zero-order chi connectivity index (χ0) is 24.9. The van der Waals surface area contributed by atoms with Crippen LogP contribution in [0.25, 0.3) is 11.2 Å². The minimum atomic E-state index is -3.17. The fourth-order valence-electron chi connectivity index (χ4n) is 5.87. The molecule has 1 saturated carbocycles. The zero-order valence-corrected chi connectivity index (χ0v) is 21.4. The number of H-pyrrole nitrogens is 1. The number of hydrogen-bond donors (Lipinski definition) is 3. The minimum absolute atomic E-state index is 0.0263. The maximum absolute atomic E-state index is 12.0. The molecule has 2 unspecified atom stereocenters. The third-order valence-corrected chi connectivity index (χ3v) is 8.90. The molecule has 3 N–H and O–H groups in total. The Bertz CT molecular complexity index is 1370. The molecule has 12 heteroatoms. The van der Waals surface area contributed by atoms with Crippen molar-refractivity contribution in [1.82, 2.24) is 24.2 Å². The second kappa shape index (κ2) is 9.07. The van der Waals surface area contributed by atoms with Crippen molar-refractivity contribution in [2.45, 2.75) is 56.7 Å². The van der Waals surface area contributed by atoms with Gasteiger partial charge in [0.2, 0.25) is 16.0 Å². The van der Waals surface area contributed by atoms with Crippen molar-refractivity contribution >= 4 is 44.3 Å². The molecule has 3 fully saturated rings. The zero-order valence-electron chi connectivity index (χ0n) is 20.6.